The third-order valence-electron chi connectivity index (χ3n) is 4.28. The first-order chi connectivity index (χ1) is 13.6. The van der Waals surface area contributed by atoms with Crippen LogP contribution in [0.3, 0.4) is 0 Å². The van der Waals surface area contributed by atoms with E-state index in [0.717, 1.165) is 5.56 Å². The Labute approximate surface area is 179 Å². The van der Waals surface area contributed by atoms with Crippen LogP contribution in [0.25, 0.3) is 0 Å². The first-order valence-corrected chi connectivity index (χ1v) is 11.2. The molecule has 0 aliphatic rings. The number of nitrogens with one attached hydrogen (secondary N) is 3. The molecule has 0 amide bonds. The summed E-state index contributed by atoms with van der Waals surface area (Å²) in [4.78, 5) is 12.0. The lowest BCUT2D eigenvalue weighted by Gasteiger charge is -2.19. The highest BCUT2D eigenvalue weighted by molar-refractivity contribution is 7.91. The fourth-order valence-corrected chi connectivity index (χ4v) is 4.11. The minimum atomic E-state index is -3.00. The fraction of sp³-hybridized carbons (Fsp3) is 0.211. The molecular weight excluding hydrogens is 431 g/mol. The topological polar surface area (TPSA) is 118 Å². The molecule has 3 aromatic rings. The highest BCUT2D eigenvalue weighted by atomic mass is 35.5. The standard InChI is InChI=1S/C19H18Cl2N6OS/c1-10-13(9-22)5-7-16(24-10)26-17(12-4-6-14(20)15(21)8-12)18-25-11(2)19(27-18)29(3,23)28/h4-8,17,23H,1-3H3,(H,24,26)(H,25,27)/t17?,29-/m1/s1. The van der Waals surface area contributed by atoms with Crippen molar-refractivity contribution in [2.75, 3.05) is 11.6 Å². The summed E-state index contributed by atoms with van der Waals surface area (Å²) >= 11 is 12.3. The van der Waals surface area contributed by atoms with Crippen LogP contribution in [0, 0.1) is 30.0 Å². The summed E-state index contributed by atoms with van der Waals surface area (Å²) in [5.74, 6) is 0.984. The molecule has 2 atom stereocenters. The van der Waals surface area contributed by atoms with E-state index in [1.807, 2.05) is 0 Å². The lowest BCUT2D eigenvalue weighted by Crippen LogP contribution is -2.15. The first-order valence-electron chi connectivity index (χ1n) is 8.49. The van der Waals surface area contributed by atoms with E-state index in [2.05, 4.69) is 26.3 Å². The molecule has 0 radical (unpaired) electrons. The molecule has 7 nitrogen and oxygen atoms in total. The highest BCUT2D eigenvalue weighted by Gasteiger charge is 2.23. The number of benzene rings is 1. The van der Waals surface area contributed by atoms with Crippen LogP contribution < -0.4 is 5.32 Å². The predicted octanol–water partition coefficient (Wildman–Crippen LogP) is 4.84. The van der Waals surface area contributed by atoms with E-state index in [9.17, 15) is 4.21 Å². The number of H-pyrrole nitrogens is 1. The van der Waals surface area contributed by atoms with Crippen LogP contribution in [0.15, 0.2) is 35.4 Å². The maximum atomic E-state index is 12.2. The minimum Gasteiger partial charge on any atom is -0.356 e. The van der Waals surface area contributed by atoms with Crippen molar-refractivity contribution >= 4 is 38.7 Å². The molecule has 1 unspecified atom stereocenters. The van der Waals surface area contributed by atoms with Gasteiger partial charge in [0, 0.05) is 11.9 Å². The Morgan fingerprint density at radius 3 is 2.48 bits per heavy atom. The van der Waals surface area contributed by atoms with Crippen LogP contribution in [0.4, 0.5) is 5.82 Å². The van der Waals surface area contributed by atoms with Gasteiger partial charge in [-0.25, -0.2) is 19.0 Å². The van der Waals surface area contributed by atoms with Gasteiger partial charge in [-0.1, -0.05) is 29.3 Å². The van der Waals surface area contributed by atoms with Crippen LogP contribution in [-0.2, 0) is 9.73 Å². The largest absolute Gasteiger partial charge is 0.356 e. The van der Waals surface area contributed by atoms with Crippen molar-refractivity contribution in [3.8, 4) is 6.07 Å². The Morgan fingerprint density at radius 1 is 1.21 bits per heavy atom. The summed E-state index contributed by atoms with van der Waals surface area (Å²) in [6, 6.07) is 10.1. The Morgan fingerprint density at radius 2 is 1.93 bits per heavy atom. The second kappa shape index (κ2) is 8.03. The van der Waals surface area contributed by atoms with Crippen LogP contribution in [-0.4, -0.2) is 25.4 Å². The summed E-state index contributed by atoms with van der Waals surface area (Å²) in [5.41, 5.74) is 2.37. The van der Waals surface area contributed by atoms with Crippen LogP contribution in [0.5, 0.6) is 0 Å². The lowest BCUT2D eigenvalue weighted by molar-refractivity contribution is 0.675. The zero-order valence-corrected chi connectivity index (χ0v) is 18.2. The van der Waals surface area contributed by atoms with E-state index >= 15 is 0 Å². The number of pyridine rings is 1. The average molecular weight is 449 g/mol. The maximum Gasteiger partial charge on any atom is 0.156 e. The number of anilines is 1. The Kier molecular flexibility index (Phi) is 5.85. The minimum absolute atomic E-state index is 0.198. The number of aromatic nitrogens is 3. The molecule has 0 fully saturated rings. The third kappa shape index (κ3) is 4.53. The molecule has 3 N–H and O–H groups in total. The van der Waals surface area contributed by atoms with Gasteiger partial charge in [0.15, 0.2) is 5.03 Å². The number of rotatable bonds is 5. The number of halogens is 2. The van der Waals surface area contributed by atoms with Crippen molar-refractivity contribution in [1.82, 2.24) is 15.0 Å². The number of imidazole rings is 1. The van der Waals surface area contributed by atoms with E-state index in [1.165, 1.54) is 6.26 Å². The third-order valence-corrected chi connectivity index (χ3v) is 6.15. The molecule has 3 rings (SSSR count). The lowest BCUT2D eigenvalue weighted by atomic mass is 10.1. The zero-order valence-electron chi connectivity index (χ0n) is 15.9. The van der Waals surface area contributed by atoms with Crippen LogP contribution in [0.1, 0.15) is 34.4 Å². The summed E-state index contributed by atoms with van der Waals surface area (Å²) in [5, 5.41) is 13.4. The van der Waals surface area contributed by atoms with Gasteiger partial charge in [0.1, 0.15) is 23.8 Å². The van der Waals surface area contributed by atoms with Crippen molar-refractivity contribution in [1.29, 1.82) is 10.0 Å². The summed E-state index contributed by atoms with van der Waals surface area (Å²) in [7, 11) is -3.00. The predicted molar refractivity (Wildman–Crippen MR) is 114 cm³/mol. The maximum absolute atomic E-state index is 12.2. The smallest absolute Gasteiger partial charge is 0.156 e. The number of hydrogen-bond acceptors (Lipinski definition) is 6. The zero-order chi connectivity index (χ0) is 21.3. The molecular formula is C19H18Cl2N6OS. The van der Waals surface area contributed by atoms with Crippen molar-refractivity contribution in [2.45, 2.75) is 24.9 Å². The first kappa shape index (κ1) is 21.1. The summed E-state index contributed by atoms with van der Waals surface area (Å²) < 4.78 is 20.1. The number of nitriles is 1. The van der Waals surface area contributed by atoms with E-state index in [4.69, 9.17) is 33.2 Å². The van der Waals surface area contributed by atoms with Gasteiger partial charge in [0.2, 0.25) is 0 Å². The average Bonchev–Trinajstić information content (AvgIpc) is 3.04. The molecule has 150 valence electrons. The van der Waals surface area contributed by atoms with Gasteiger partial charge in [-0.15, -0.1) is 0 Å². The van der Waals surface area contributed by atoms with Crippen molar-refractivity contribution in [3.05, 3.63) is 68.7 Å². The second-order valence-corrected chi connectivity index (χ2v) is 9.48. The fourth-order valence-electron chi connectivity index (χ4n) is 2.89. The van der Waals surface area contributed by atoms with Crippen molar-refractivity contribution < 1.29 is 4.21 Å². The molecule has 29 heavy (non-hydrogen) atoms. The molecule has 0 aliphatic carbocycles. The molecule has 0 saturated carbocycles. The normalized spacial score (nSPS) is 14.1. The molecule has 0 bridgehead atoms. The highest BCUT2D eigenvalue weighted by Crippen LogP contribution is 2.31. The molecule has 2 heterocycles. The number of aryl methyl sites for hydroxylation is 2. The van der Waals surface area contributed by atoms with Gasteiger partial charge < -0.3 is 10.3 Å². The summed E-state index contributed by atoms with van der Waals surface area (Å²) in [6.07, 6.45) is 1.33. The monoisotopic (exact) mass is 448 g/mol. The Bertz CT molecular complexity index is 1230. The van der Waals surface area contributed by atoms with Gasteiger partial charge in [-0.2, -0.15) is 5.26 Å². The van der Waals surface area contributed by atoms with Crippen molar-refractivity contribution in [2.24, 2.45) is 0 Å². The Hall–Kier alpha value is -2.60. The molecule has 0 saturated heterocycles. The van der Waals surface area contributed by atoms with Gasteiger partial charge in [-0.3, -0.25) is 0 Å². The second-order valence-electron chi connectivity index (χ2n) is 6.59. The van der Waals surface area contributed by atoms with Gasteiger partial charge in [0.05, 0.1) is 31.0 Å². The molecule has 2 aromatic heterocycles. The van der Waals surface area contributed by atoms with E-state index < -0.39 is 15.8 Å². The molecule has 10 heteroatoms. The number of aromatic amines is 1. The molecule has 0 spiro atoms. The molecule has 1 aromatic carbocycles. The van der Waals surface area contributed by atoms with Crippen molar-refractivity contribution in [3.63, 3.8) is 0 Å². The van der Waals surface area contributed by atoms with E-state index in [1.54, 1.807) is 44.2 Å². The Balaban J connectivity index is 2.11. The van der Waals surface area contributed by atoms with E-state index in [0.29, 0.717) is 38.6 Å². The van der Waals surface area contributed by atoms with E-state index in [-0.39, 0.29) is 5.03 Å². The number of nitrogens with zero attached hydrogens (tertiary/aromatic N) is 3. The van der Waals surface area contributed by atoms with Crippen LogP contribution >= 0.6 is 23.2 Å². The van der Waals surface area contributed by atoms with Gasteiger partial charge >= 0.3 is 0 Å². The summed E-state index contributed by atoms with van der Waals surface area (Å²) in [6.45, 7) is 3.47. The van der Waals surface area contributed by atoms with Gasteiger partial charge in [0.25, 0.3) is 0 Å². The van der Waals surface area contributed by atoms with Gasteiger partial charge in [-0.05, 0) is 43.7 Å². The SMILES string of the molecule is Cc1nc(NC(c2ccc(Cl)c(Cl)c2)c2nc([S@](C)(=N)=O)c(C)[nH]2)ccc1C#N. The quantitative estimate of drug-likeness (QED) is 0.515. The van der Waals surface area contributed by atoms with Crippen LogP contribution in [0.2, 0.25) is 10.0 Å². The number of hydrogen-bond donors (Lipinski definition) is 3. The molecule has 0 aliphatic heterocycles.